The molecule has 5 rings (SSSR count). The van der Waals surface area contributed by atoms with Crippen LogP contribution in [0.15, 0.2) is 60.3 Å². The second-order valence-corrected chi connectivity index (χ2v) is 8.25. The highest BCUT2D eigenvalue weighted by Crippen LogP contribution is 2.29. The van der Waals surface area contributed by atoms with Crippen molar-refractivity contribution < 1.29 is 18.8 Å². The number of urea groups is 1. The molecule has 1 saturated heterocycles. The van der Waals surface area contributed by atoms with Crippen LogP contribution in [0.1, 0.15) is 36.8 Å². The molecule has 0 atom stereocenters. The van der Waals surface area contributed by atoms with Crippen molar-refractivity contribution in [2.24, 2.45) is 0 Å². The van der Waals surface area contributed by atoms with Crippen molar-refractivity contribution in [3.8, 4) is 0 Å². The van der Waals surface area contributed by atoms with Crippen LogP contribution in [0.25, 0.3) is 17.0 Å². The van der Waals surface area contributed by atoms with Crippen molar-refractivity contribution >= 4 is 34.8 Å². The summed E-state index contributed by atoms with van der Waals surface area (Å²) in [4.78, 5) is 39.2. The lowest BCUT2D eigenvalue weighted by molar-refractivity contribution is -0.131. The van der Waals surface area contributed by atoms with Gasteiger partial charge in [-0.2, -0.15) is 0 Å². The monoisotopic (exact) mass is 431 g/mol. The van der Waals surface area contributed by atoms with Crippen molar-refractivity contribution in [2.45, 2.75) is 38.3 Å². The van der Waals surface area contributed by atoms with E-state index in [2.05, 4.69) is 5.32 Å². The number of barbiturate groups is 1. The molecule has 0 radical (unpaired) electrons. The predicted molar refractivity (Wildman–Crippen MR) is 118 cm³/mol. The third kappa shape index (κ3) is 3.49. The molecule has 6 nitrogen and oxygen atoms in total. The number of fused-ring (bicyclic) bond motifs is 1. The van der Waals surface area contributed by atoms with Gasteiger partial charge in [-0.05, 0) is 31.1 Å². The fraction of sp³-hybridized carbons (Fsp3) is 0.240. The van der Waals surface area contributed by atoms with Gasteiger partial charge in [-0.3, -0.25) is 19.8 Å². The summed E-state index contributed by atoms with van der Waals surface area (Å²) in [6, 6.07) is 13.3. The van der Waals surface area contributed by atoms with E-state index >= 15 is 0 Å². The Kier molecular flexibility index (Phi) is 5.09. The van der Waals surface area contributed by atoms with E-state index in [9.17, 15) is 18.8 Å². The zero-order valence-corrected chi connectivity index (χ0v) is 17.4. The van der Waals surface area contributed by atoms with Gasteiger partial charge in [-0.15, -0.1) is 0 Å². The minimum absolute atomic E-state index is 0.0645. The second-order valence-electron chi connectivity index (χ2n) is 8.25. The van der Waals surface area contributed by atoms with Crippen LogP contribution < -0.4 is 5.32 Å². The molecule has 1 N–H and O–H groups in total. The fourth-order valence-corrected chi connectivity index (χ4v) is 4.65. The summed E-state index contributed by atoms with van der Waals surface area (Å²) in [6.45, 7) is 0.309. The normalized spacial score (nSPS) is 18.7. The maximum atomic E-state index is 14.2. The van der Waals surface area contributed by atoms with Crippen LogP contribution in [0.5, 0.6) is 0 Å². The quantitative estimate of drug-likeness (QED) is 0.496. The maximum absolute atomic E-state index is 14.2. The molecule has 0 bridgehead atoms. The number of aromatic nitrogens is 1. The van der Waals surface area contributed by atoms with Crippen molar-refractivity contribution in [2.75, 3.05) is 0 Å². The number of carbonyl (C=O) groups excluding carboxylic acids is 3. The minimum Gasteiger partial charge on any atom is -0.342 e. The Morgan fingerprint density at radius 1 is 1.00 bits per heavy atom. The van der Waals surface area contributed by atoms with Gasteiger partial charge in [0.15, 0.2) is 0 Å². The molecule has 7 heteroatoms. The predicted octanol–water partition coefficient (Wildman–Crippen LogP) is 4.23. The van der Waals surface area contributed by atoms with Gasteiger partial charge in [0.1, 0.15) is 11.4 Å². The van der Waals surface area contributed by atoms with Crippen molar-refractivity contribution in [3.05, 3.63) is 77.2 Å². The summed E-state index contributed by atoms with van der Waals surface area (Å²) in [5.74, 6) is -1.55. The Labute approximate surface area is 184 Å². The van der Waals surface area contributed by atoms with Gasteiger partial charge >= 0.3 is 6.03 Å². The maximum Gasteiger partial charge on any atom is 0.331 e. The summed E-state index contributed by atoms with van der Waals surface area (Å²) in [6.07, 6.45) is 6.76. The van der Waals surface area contributed by atoms with E-state index in [1.54, 1.807) is 24.4 Å². The van der Waals surface area contributed by atoms with Crippen molar-refractivity contribution in [1.29, 1.82) is 0 Å². The molecule has 0 unspecified atom stereocenters. The van der Waals surface area contributed by atoms with Crippen LogP contribution in [0.3, 0.4) is 0 Å². The van der Waals surface area contributed by atoms with Crippen LogP contribution in [0.4, 0.5) is 9.18 Å². The van der Waals surface area contributed by atoms with Gasteiger partial charge in [0.05, 0.1) is 6.54 Å². The Balaban J connectivity index is 1.55. The van der Waals surface area contributed by atoms with Gasteiger partial charge in [0, 0.05) is 34.3 Å². The van der Waals surface area contributed by atoms with Crippen LogP contribution in [0, 0.1) is 5.82 Å². The highest BCUT2D eigenvalue weighted by molar-refractivity contribution is 6.31. The highest BCUT2D eigenvalue weighted by Gasteiger charge is 2.40. The molecule has 1 aliphatic carbocycles. The molecule has 2 fully saturated rings. The number of imide groups is 2. The Morgan fingerprint density at radius 3 is 2.50 bits per heavy atom. The Morgan fingerprint density at radius 2 is 1.72 bits per heavy atom. The molecule has 1 aliphatic heterocycles. The second kappa shape index (κ2) is 8.07. The third-order valence-corrected chi connectivity index (χ3v) is 6.24. The van der Waals surface area contributed by atoms with E-state index in [0.717, 1.165) is 36.6 Å². The van der Waals surface area contributed by atoms with Gasteiger partial charge in [-0.25, -0.2) is 9.18 Å². The first-order valence-corrected chi connectivity index (χ1v) is 10.7. The number of amides is 4. The lowest BCUT2D eigenvalue weighted by Gasteiger charge is -2.31. The first kappa shape index (κ1) is 20.2. The number of rotatable bonds is 4. The Hall–Kier alpha value is -3.74. The van der Waals surface area contributed by atoms with Gasteiger partial charge < -0.3 is 4.57 Å². The standard InChI is InChI=1S/C25H22FN3O3/c26-21-11-5-1-7-16(21)14-28-15-17(19-10-4-6-12-22(19)28)13-20-23(30)27-25(32)29(24(20)31)18-8-2-3-9-18/h1,4-7,10-13,15,18H,2-3,8-9,14H2,(H,27,30,32)/b20-13-. The molecule has 3 aromatic rings. The number of hydrogen-bond acceptors (Lipinski definition) is 3. The molecule has 2 heterocycles. The minimum atomic E-state index is -0.694. The number of benzene rings is 2. The lowest BCUT2D eigenvalue weighted by Crippen LogP contribution is -2.57. The van der Waals surface area contributed by atoms with Gasteiger partial charge in [0.25, 0.3) is 11.8 Å². The molecular formula is C25H22FN3O3. The van der Waals surface area contributed by atoms with Crippen LogP contribution >= 0.6 is 0 Å². The van der Waals surface area contributed by atoms with Crippen molar-refractivity contribution in [3.63, 3.8) is 0 Å². The number of para-hydroxylation sites is 1. The van der Waals surface area contributed by atoms with E-state index < -0.39 is 17.8 Å². The molecule has 1 saturated carbocycles. The number of nitrogens with zero attached hydrogens (tertiary/aromatic N) is 2. The van der Waals surface area contributed by atoms with E-state index in [1.165, 1.54) is 17.0 Å². The lowest BCUT2D eigenvalue weighted by atomic mass is 10.0. The van der Waals surface area contributed by atoms with Gasteiger partial charge in [0.2, 0.25) is 0 Å². The first-order chi connectivity index (χ1) is 15.5. The van der Waals surface area contributed by atoms with Crippen molar-refractivity contribution in [1.82, 2.24) is 14.8 Å². The number of carbonyl (C=O) groups is 3. The average molecular weight is 431 g/mol. The summed E-state index contributed by atoms with van der Waals surface area (Å²) in [7, 11) is 0. The SMILES string of the molecule is O=C1NC(=O)N(C2CCCC2)C(=O)/C1=C\c1cn(Cc2ccccc2F)c2ccccc12. The van der Waals surface area contributed by atoms with Crippen LogP contribution in [-0.4, -0.2) is 33.4 Å². The molecular weight excluding hydrogens is 409 g/mol. The molecule has 4 amide bonds. The zero-order chi connectivity index (χ0) is 22.2. The first-order valence-electron chi connectivity index (χ1n) is 10.7. The largest absolute Gasteiger partial charge is 0.342 e. The average Bonchev–Trinajstić information content (AvgIpc) is 3.42. The molecule has 2 aromatic carbocycles. The number of hydrogen-bond donors (Lipinski definition) is 1. The number of halogens is 1. The van der Waals surface area contributed by atoms with E-state index in [-0.39, 0.29) is 17.4 Å². The highest BCUT2D eigenvalue weighted by atomic mass is 19.1. The summed E-state index contributed by atoms with van der Waals surface area (Å²) in [5.41, 5.74) is 1.99. The topological polar surface area (TPSA) is 71.4 Å². The van der Waals surface area contributed by atoms with Gasteiger partial charge in [-0.1, -0.05) is 49.2 Å². The molecule has 2 aliphatic rings. The summed E-state index contributed by atoms with van der Waals surface area (Å²) in [5, 5.41) is 3.15. The zero-order valence-electron chi connectivity index (χ0n) is 17.4. The van der Waals surface area contributed by atoms with Crippen LogP contribution in [-0.2, 0) is 16.1 Å². The third-order valence-electron chi connectivity index (χ3n) is 6.24. The summed E-state index contributed by atoms with van der Waals surface area (Å²) >= 11 is 0. The van der Waals surface area contributed by atoms with E-state index in [1.807, 2.05) is 28.8 Å². The number of nitrogens with one attached hydrogen (secondary N) is 1. The molecule has 32 heavy (non-hydrogen) atoms. The smallest absolute Gasteiger partial charge is 0.331 e. The fourth-order valence-electron chi connectivity index (χ4n) is 4.65. The van der Waals surface area contributed by atoms with Crippen LogP contribution in [0.2, 0.25) is 0 Å². The summed E-state index contributed by atoms with van der Waals surface area (Å²) < 4.78 is 16.1. The Bertz CT molecular complexity index is 1270. The van der Waals surface area contributed by atoms with E-state index in [4.69, 9.17) is 0 Å². The molecule has 162 valence electrons. The molecule has 0 spiro atoms. The molecule has 1 aromatic heterocycles. The van der Waals surface area contributed by atoms with E-state index in [0.29, 0.717) is 17.7 Å².